The Hall–Kier alpha value is -1.32. The summed E-state index contributed by atoms with van der Waals surface area (Å²) >= 11 is 4.63. The van der Waals surface area contributed by atoms with Gasteiger partial charge in [-0.1, -0.05) is 24.3 Å². The van der Waals surface area contributed by atoms with Crippen molar-refractivity contribution in [3.8, 4) is 0 Å². The van der Waals surface area contributed by atoms with E-state index in [0.717, 1.165) is 24.0 Å². The second-order valence-electron chi connectivity index (χ2n) is 7.66. The molecule has 1 saturated carbocycles. The number of carbonyl (C=O) groups excluding carboxylic acids is 2. The van der Waals surface area contributed by atoms with Crippen LogP contribution in [0.3, 0.4) is 0 Å². The quantitative estimate of drug-likeness (QED) is 0.200. The van der Waals surface area contributed by atoms with Gasteiger partial charge in [0.15, 0.2) is 0 Å². The van der Waals surface area contributed by atoms with Crippen molar-refractivity contribution in [2.24, 2.45) is 17.6 Å². The van der Waals surface area contributed by atoms with Crippen LogP contribution < -0.4 is 5.73 Å². The van der Waals surface area contributed by atoms with E-state index < -0.39 is 24.2 Å². The molecule has 2 rings (SSSR count). The Balaban J connectivity index is 1.87. The first-order valence-corrected chi connectivity index (χ1v) is 11.8. The fourth-order valence-electron chi connectivity index (χ4n) is 3.75. The van der Waals surface area contributed by atoms with Crippen molar-refractivity contribution in [3.63, 3.8) is 0 Å². The van der Waals surface area contributed by atoms with Crippen molar-refractivity contribution in [2.75, 3.05) is 0 Å². The average molecular weight is 500 g/mol. The maximum absolute atomic E-state index is 11.3. The molecular formula is C22H30BrNO5S. The fourth-order valence-corrected chi connectivity index (χ4v) is 5.53. The lowest BCUT2D eigenvalue weighted by atomic mass is 9.89. The van der Waals surface area contributed by atoms with Gasteiger partial charge in [0.2, 0.25) is 0 Å². The molecule has 0 aromatic carbocycles. The van der Waals surface area contributed by atoms with E-state index in [4.69, 9.17) is 5.73 Å². The standard InChI is InChI=1S/C22H30BrNO5S/c23-18-12-15(30-21(18)22(24)29)9-7-14(26)8-10-17-16(19(27)13-20(17)28)6-4-2-1-3-5-11-25/h2,4,8,10-12,14,16-17,19-20,26-28H,1,3,5-7,9,13H2,(H2,24,29)/b4-2-,10-8+/t14-,16+,17+,19-,20+/m0/s1. The second-order valence-corrected chi connectivity index (χ2v) is 9.65. The monoisotopic (exact) mass is 499 g/mol. The number of amides is 1. The predicted molar refractivity (Wildman–Crippen MR) is 121 cm³/mol. The van der Waals surface area contributed by atoms with Crippen molar-refractivity contribution in [1.29, 1.82) is 0 Å². The summed E-state index contributed by atoms with van der Waals surface area (Å²) in [4.78, 5) is 23.1. The molecule has 6 nitrogen and oxygen atoms in total. The number of halogens is 1. The van der Waals surface area contributed by atoms with Crippen LogP contribution in [0.15, 0.2) is 34.8 Å². The molecule has 30 heavy (non-hydrogen) atoms. The molecule has 1 aliphatic rings. The zero-order valence-corrected chi connectivity index (χ0v) is 19.2. The summed E-state index contributed by atoms with van der Waals surface area (Å²) in [6.07, 6.45) is 10.7. The number of unbranched alkanes of at least 4 members (excludes halogenated alkanes) is 2. The number of aldehydes is 1. The lowest BCUT2D eigenvalue weighted by molar-refractivity contribution is -0.107. The van der Waals surface area contributed by atoms with Gasteiger partial charge < -0.3 is 25.8 Å². The van der Waals surface area contributed by atoms with Crippen molar-refractivity contribution < 1.29 is 24.9 Å². The maximum Gasteiger partial charge on any atom is 0.259 e. The van der Waals surface area contributed by atoms with E-state index in [0.29, 0.717) is 41.5 Å². The lowest BCUT2D eigenvalue weighted by Crippen LogP contribution is -2.20. The van der Waals surface area contributed by atoms with Crippen LogP contribution in [0.4, 0.5) is 0 Å². The molecule has 166 valence electrons. The van der Waals surface area contributed by atoms with Crippen molar-refractivity contribution in [1.82, 2.24) is 0 Å². The van der Waals surface area contributed by atoms with Gasteiger partial charge in [-0.15, -0.1) is 11.3 Å². The van der Waals surface area contributed by atoms with Crippen LogP contribution in [0, 0.1) is 11.8 Å². The van der Waals surface area contributed by atoms with E-state index in [1.54, 1.807) is 6.08 Å². The number of hydrogen-bond donors (Lipinski definition) is 4. The Bertz CT molecular complexity index is 763. The molecule has 5 N–H and O–H groups in total. The minimum atomic E-state index is -0.688. The van der Waals surface area contributed by atoms with E-state index in [9.17, 15) is 24.9 Å². The molecule has 5 atom stereocenters. The van der Waals surface area contributed by atoms with Crippen molar-refractivity contribution in [3.05, 3.63) is 44.6 Å². The molecule has 0 saturated heterocycles. The molecule has 1 fully saturated rings. The fraction of sp³-hybridized carbons (Fsp3) is 0.545. The van der Waals surface area contributed by atoms with Crippen LogP contribution in [-0.4, -0.2) is 45.8 Å². The molecule has 1 amide bonds. The van der Waals surface area contributed by atoms with E-state index in [1.807, 2.05) is 24.3 Å². The molecule has 0 spiro atoms. The van der Waals surface area contributed by atoms with E-state index >= 15 is 0 Å². The third-order valence-corrected chi connectivity index (χ3v) is 7.48. The number of thiophene rings is 1. The normalized spacial score (nSPS) is 25.3. The molecule has 0 radical (unpaired) electrons. The van der Waals surface area contributed by atoms with Gasteiger partial charge in [0.05, 0.1) is 18.3 Å². The van der Waals surface area contributed by atoms with E-state index in [1.165, 1.54) is 11.3 Å². The largest absolute Gasteiger partial charge is 0.393 e. The molecule has 8 heteroatoms. The number of aliphatic hydroxyl groups is 3. The second kappa shape index (κ2) is 12.5. The Morgan fingerprint density at radius 3 is 2.73 bits per heavy atom. The summed E-state index contributed by atoms with van der Waals surface area (Å²) in [7, 11) is 0. The molecule has 1 aromatic heterocycles. The topological polar surface area (TPSA) is 121 Å². The Labute approximate surface area is 189 Å². The highest BCUT2D eigenvalue weighted by Crippen LogP contribution is 2.36. The third kappa shape index (κ3) is 7.42. The molecule has 1 aliphatic carbocycles. The summed E-state index contributed by atoms with van der Waals surface area (Å²) in [5.74, 6) is -0.792. The molecule has 0 aliphatic heterocycles. The highest BCUT2D eigenvalue weighted by atomic mass is 79.9. The van der Waals surface area contributed by atoms with Crippen molar-refractivity contribution in [2.45, 2.75) is 63.3 Å². The van der Waals surface area contributed by atoms with Crippen LogP contribution in [-0.2, 0) is 11.2 Å². The number of allylic oxidation sites excluding steroid dienone is 2. The molecule has 1 aromatic rings. The predicted octanol–water partition coefficient (Wildman–Crippen LogP) is 3.13. The van der Waals surface area contributed by atoms with Crippen LogP contribution in [0.1, 0.15) is 53.1 Å². The average Bonchev–Trinajstić information content (AvgIpc) is 3.20. The highest BCUT2D eigenvalue weighted by Gasteiger charge is 2.39. The summed E-state index contributed by atoms with van der Waals surface area (Å²) in [6, 6.07) is 1.84. The van der Waals surface area contributed by atoms with Gasteiger partial charge in [0.1, 0.15) is 11.2 Å². The zero-order valence-electron chi connectivity index (χ0n) is 16.8. The minimum absolute atomic E-state index is 0.0999. The van der Waals surface area contributed by atoms with Gasteiger partial charge >= 0.3 is 0 Å². The van der Waals surface area contributed by atoms with Gasteiger partial charge in [-0.3, -0.25) is 4.79 Å². The first kappa shape index (κ1) is 24.9. The van der Waals surface area contributed by atoms with Gasteiger partial charge in [-0.25, -0.2) is 0 Å². The smallest absolute Gasteiger partial charge is 0.259 e. The van der Waals surface area contributed by atoms with Crippen LogP contribution in [0.5, 0.6) is 0 Å². The number of hydrogen-bond acceptors (Lipinski definition) is 6. The first-order chi connectivity index (χ1) is 14.3. The zero-order chi connectivity index (χ0) is 22.1. The summed E-state index contributed by atoms with van der Waals surface area (Å²) in [6.45, 7) is 0. The SMILES string of the molecule is NC(=O)c1sc(CC[C@H](O)/C=C/[C@@H]2[C@@H](C/C=C\CCCC=O)[C@@H](O)C[C@H]2O)cc1Br. The summed E-state index contributed by atoms with van der Waals surface area (Å²) in [5.41, 5.74) is 5.32. The highest BCUT2D eigenvalue weighted by molar-refractivity contribution is 9.10. The maximum atomic E-state index is 11.3. The number of carbonyl (C=O) groups is 2. The number of aryl methyl sites for hydroxylation is 1. The summed E-state index contributed by atoms with van der Waals surface area (Å²) in [5, 5.41) is 30.9. The Kier molecular flexibility index (Phi) is 10.4. The lowest BCUT2D eigenvalue weighted by Gasteiger charge is -2.19. The van der Waals surface area contributed by atoms with Crippen LogP contribution >= 0.6 is 27.3 Å². The van der Waals surface area contributed by atoms with Crippen molar-refractivity contribution >= 4 is 39.5 Å². The van der Waals surface area contributed by atoms with E-state index in [-0.39, 0.29) is 11.8 Å². The number of nitrogens with two attached hydrogens (primary N) is 1. The van der Waals surface area contributed by atoms with Gasteiger partial charge in [0, 0.05) is 28.1 Å². The Morgan fingerprint density at radius 2 is 2.07 bits per heavy atom. The number of primary amides is 1. The third-order valence-electron chi connectivity index (χ3n) is 5.39. The molecule has 1 heterocycles. The van der Waals surface area contributed by atoms with Gasteiger partial charge in [-0.05, 0) is 60.0 Å². The molecular weight excluding hydrogens is 470 g/mol. The number of rotatable bonds is 12. The summed E-state index contributed by atoms with van der Waals surface area (Å²) < 4.78 is 0.671. The minimum Gasteiger partial charge on any atom is -0.393 e. The first-order valence-electron chi connectivity index (χ1n) is 10.2. The molecule has 0 bridgehead atoms. The van der Waals surface area contributed by atoms with Gasteiger partial charge in [-0.2, -0.15) is 0 Å². The van der Waals surface area contributed by atoms with Crippen LogP contribution in [0.2, 0.25) is 0 Å². The van der Waals surface area contributed by atoms with Crippen LogP contribution in [0.25, 0.3) is 0 Å². The van der Waals surface area contributed by atoms with E-state index in [2.05, 4.69) is 15.9 Å². The van der Waals surface area contributed by atoms with Gasteiger partial charge in [0.25, 0.3) is 5.91 Å². The molecule has 0 unspecified atom stereocenters. The Morgan fingerprint density at radius 1 is 1.30 bits per heavy atom. The number of aliphatic hydroxyl groups excluding tert-OH is 3.